The van der Waals surface area contributed by atoms with Crippen LogP contribution in [-0.4, -0.2) is 38.1 Å². The standard InChI is InChI=1S/C24H22N4O3S/c1-15-10-19(16(2)28(15)12-17-8-9-21-22(11-17)31-14-30-21)20(29)13-32-24-25-23(26-27-24)18-6-4-3-5-7-18/h3-11H,12-14H2,1-2H3,(H,25,26,27). The lowest BCUT2D eigenvalue weighted by Gasteiger charge is -2.10. The molecule has 0 spiro atoms. The predicted molar refractivity (Wildman–Crippen MR) is 122 cm³/mol. The largest absolute Gasteiger partial charge is 0.454 e. The molecule has 8 heteroatoms. The van der Waals surface area contributed by atoms with Gasteiger partial charge in [0.25, 0.3) is 0 Å². The molecule has 2 aromatic heterocycles. The number of Topliss-reactive ketones (excluding diaryl/α,β-unsaturated/α-hetero) is 1. The first kappa shape index (κ1) is 20.4. The number of aromatic amines is 1. The summed E-state index contributed by atoms with van der Waals surface area (Å²) in [6.45, 7) is 4.92. The van der Waals surface area contributed by atoms with Crippen LogP contribution >= 0.6 is 11.8 Å². The van der Waals surface area contributed by atoms with Crippen LogP contribution in [0.4, 0.5) is 0 Å². The van der Waals surface area contributed by atoms with Crippen molar-refractivity contribution in [1.29, 1.82) is 0 Å². The fourth-order valence-electron chi connectivity index (χ4n) is 3.79. The highest BCUT2D eigenvalue weighted by molar-refractivity contribution is 7.99. The van der Waals surface area contributed by atoms with E-state index in [4.69, 9.17) is 9.47 Å². The summed E-state index contributed by atoms with van der Waals surface area (Å²) in [5, 5.41) is 7.74. The number of benzene rings is 2. The van der Waals surface area contributed by atoms with E-state index >= 15 is 0 Å². The second-order valence-electron chi connectivity index (χ2n) is 7.60. The SMILES string of the molecule is Cc1cc(C(=O)CSc2n[nH]c(-c3ccccc3)n2)c(C)n1Cc1ccc2c(c1)OCO2. The molecule has 5 rings (SSSR count). The molecular weight excluding hydrogens is 424 g/mol. The van der Waals surface area contributed by atoms with Gasteiger partial charge < -0.3 is 14.0 Å². The van der Waals surface area contributed by atoms with Crippen molar-refractivity contribution in [2.75, 3.05) is 12.5 Å². The van der Waals surface area contributed by atoms with E-state index in [0.29, 0.717) is 17.5 Å². The van der Waals surface area contributed by atoms with Crippen LogP contribution in [0.15, 0.2) is 59.8 Å². The number of rotatable bonds is 7. The highest BCUT2D eigenvalue weighted by atomic mass is 32.2. The Hall–Kier alpha value is -3.52. The molecular formula is C24H22N4O3S. The molecule has 0 bridgehead atoms. The Labute approximate surface area is 189 Å². The van der Waals surface area contributed by atoms with Crippen LogP contribution in [0.3, 0.4) is 0 Å². The average Bonchev–Trinajstić information content (AvgIpc) is 3.54. The van der Waals surface area contributed by atoms with Gasteiger partial charge in [-0.15, -0.1) is 5.10 Å². The lowest BCUT2D eigenvalue weighted by molar-refractivity contribution is 0.102. The third-order valence-corrected chi connectivity index (χ3v) is 6.34. The van der Waals surface area contributed by atoms with Gasteiger partial charge in [0.15, 0.2) is 23.1 Å². The van der Waals surface area contributed by atoms with Crippen LogP contribution in [0.1, 0.15) is 27.3 Å². The van der Waals surface area contributed by atoms with E-state index in [-0.39, 0.29) is 18.3 Å². The molecule has 4 aromatic rings. The minimum atomic E-state index is 0.0612. The van der Waals surface area contributed by atoms with Crippen LogP contribution in [0.5, 0.6) is 11.5 Å². The van der Waals surface area contributed by atoms with Gasteiger partial charge in [0, 0.05) is 29.1 Å². The zero-order valence-electron chi connectivity index (χ0n) is 17.8. The first-order valence-electron chi connectivity index (χ1n) is 10.3. The zero-order chi connectivity index (χ0) is 22.1. The summed E-state index contributed by atoms with van der Waals surface area (Å²) in [5.41, 5.74) is 4.78. The Morgan fingerprint density at radius 2 is 1.91 bits per heavy atom. The van der Waals surface area contributed by atoms with Crippen molar-refractivity contribution in [3.63, 3.8) is 0 Å². The smallest absolute Gasteiger partial charge is 0.231 e. The number of ether oxygens (including phenoxy) is 2. The van der Waals surface area contributed by atoms with E-state index in [0.717, 1.165) is 39.6 Å². The molecule has 32 heavy (non-hydrogen) atoms. The maximum Gasteiger partial charge on any atom is 0.231 e. The van der Waals surface area contributed by atoms with Gasteiger partial charge in [0.1, 0.15) is 0 Å². The van der Waals surface area contributed by atoms with Crippen LogP contribution in [0.2, 0.25) is 0 Å². The fraction of sp³-hybridized carbons (Fsp3) is 0.208. The zero-order valence-corrected chi connectivity index (χ0v) is 18.6. The van der Waals surface area contributed by atoms with E-state index in [2.05, 4.69) is 19.7 Å². The maximum absolute atomic E-state index is 13.0. The van der Waals surface area contributed by atoms with E-state index in [1.54, 1.807) is 0 Å². The Kier molecular flexibility index (Phi) is 5.45. The number of aromatic nitrogens is 4. The average molecular weight is 447 g/mol. The van der Waals surface area contributed by atoms with Gasteiger partial charge in [-0.2, -0.15) is 0 Å². The van der Waals surface area contributed by atoms with Crippen molar-refractivity contribution in [2.45, 2.75) is 25.5 Å². The first-order chi connectivity index (χ1) is 15.6. The minimum Gasteiger partial charge on any atom is -0.454 e. The van der Waals surface area contributed by atoms with Crippen molar-refractivity contribution < 1.29 is 14.3 Å². The van der Waals surface area contributed by atoms with Crippen molar-refractivity contribution in [2.24, 2.45) is 0 Å². The molecule has 0 saturated carbocycles. The number of nitrogens with zero attached hydrogens (tertiary/aromatic N) is 3. The summed E-state index contributed by atoms with van der Waals surface area (Å²) in [4.78, 5) is 17.4. The van der Waals surface area contributed by atoms with Gasteiger partial charge in [-0.05, 0) is 37.6 Å². The monoisotopic (exact) mass is 446 g/mol. The van der Waals surface area contributed by atoms with Crippen LogP contribution in [-0.2, 0) is 6.54 Å². The van der Waals surface area contributed by atoms with Crippen molar-refractivity contribution >= 4 is 17.5 Å². The third kappa shape index (κ3) is 4.01. The summed E-state index contributed by atoms with van der Waals surface area (Å²) in [7, 11) is 0. The molecule has 162 valence electrons. The Balaban J connectivity index is 1.27. The molecule has 0 radical (unpaired) electrons. The molecule has 0 aliphatic carbocycles. The third-order valence-electron chi connectivity index (χ3n) is 5.50. The molecule has 0 saturated heterocycles. The summed E-state index contributed by atoms with van der Waals surface area (Å²) < 4.78 is 13.0. The lowest BCUT2D eigenvalue weighted by Crippen LogP contribution is -2.07. The van der Waals surface area contributed by atoms with Crippen molar-refractivity contribution in [3.8, 4) is 22.9 Å². The number of ketones is 1. The number of thioether (sulfide) groups is 1. The van der Waals surface area contributed by atoms with Gasteiger partial charge in [-0.3, -0.25) is 9.89 Å². The van der Waals surface area contributed by atoms with Crippen molar-refractivity contribution in [1.82, 2.24) is 19.7 Å². The number of fused-ring (bicyclic) bond motifs is 1. The summed E-state index contributed by atoms with van der Waals surface area (Å²) in [6, 6.07) is 17.7. The van der Waals surface area contributed by atoms with E-state index < -0.39 is 0 Å². The molecule has 1 aliphatic rings. The van der Waals surface area contributed by atoms with Crippen LogP contribution in [0, 0.1) is 13.8 Å². The number of aryl methyl sites for hydroxylation is 1. The molecule has 0 atom stereocenters. The second-order valence-corrected chi connectivity index (χ2v) is 8.55. The fourth-order valence-corrected chi connectivity index (χ4v) is 4.47. The highest BCUT2D eigenvalue weighted by Crippen LogP contribution is 2.33. The Morgan fingerprint density at radius 1 is 1.09 bits per heavy atom. The Bertz CT molecular complexity index is 1280. The molecule has 0 amide bonds. The van der Waals surface area contributed by atoms with Gasteiger partial charge in [0.05, 0.1) is 5.75 Å². The highest BCUT2D eigenvalue weighted by Gasteiger charge is 2.19. The van der Waals surface area contributed by atoms with Crippen molar-refractivity contribution in [3.05, 3.63) is 77.1 Å². The minimum absolute atomic E-state index is 0.0612. The normalized spacial score (nSPS) is 12.3. The van der Waals surface area contributed by atoms with Crippen LogP contribution < -0.4 is 9.47 Å². The van der Waals surface area contributed by atoms with Crippen LogP contribution in [0.25, 0.3) is 11.4 Å². The number of H-pyrrole nitrogens is 1. The quantitative estimate of drug-likeness (QED) is 0.329. The number of carbonyl (C=O) groups is 1. The second kappa shape index (κ2) is 8.55. The summed E-state index contributed by atoms with van der Waals surface area (Å²) in [6.07, 6.45) is 0. The predicted octanol–water partition coefficient (Wildman–Crippen LogP) is 4.64. The van der Waals surface area contributed by atoms with E-state index in [1.165, 1.54) is 11.8 Å². The first-order valence-corrected chi connectivity index (χ1v) is 11.3. The van der Waals surface area contributed by atoms with Gasteiger partial charge in [-0.25, -0.2) is 4.98 Å². The molecule has 1 aliphatic heterocycles. The molecule has 7 nitrogen and oxygen atoms in total. The molecule has 2 aromatic carbocycles. The van der Waals surface area contributed by atoms with Gasteiger partial charge >= 0.3 is 0 Å². The number of hydrogen-bond acceptors (Lipinski definition) is 6. The van der Waals surface area contributed by atoms with Gasteiger partial charge in [-0.1, -0.05) is 48.2 Å². The Morgan fingerprint density at radius 3 is 2.75 bits per heavy atom. The maximum atomic E-state index is 13.0. The summed E-state index contributed by atoms with van der Waals surface area (Å²) in [5.74, 6) is 2.57. The molecule has 0 fully saturated rings. The lowest BCUT2D eigenvalue weighted by atomic mass is 10.1. The molecule has 0 unspecified atom stereocenters. The number of nitrogens with one attached hydrogen (secondary N) is 1. The number of hydrogen-bond donors (Lipinski definition) is 1. The van der Waals surface area contributed by atoms with Gasteiger partial charge in [0.2, 0.25) is 11.9 Å². The molecule has 1 N–H and O–H groups in total. The van der Waals surface area contributed by atoms with E-state index in [1.807, 2.05) is 68.4 Å². The summed E-state index contributed by atoms with van der Waals surface area (Å²) >= 11 is 1.34. The molecule has 3 heterocycles. The number of carbonyl (C=O) groups excluding carboxylic acids is 1. The van der Waals surface area contributed by atoms with E-state index in [9.17, 15) is 4.79 Å². The topological polar surface area (TPSA) is 82.0 Å².